The van der Waals surface area contributed by atoms with Gasteiger partial charge in [-0.3, -0.25) is 0 Å². The molecule has 1 aromatic carbocycles. The largest absolute Gasteiger partial charge is 0.477 e. The lowest BCUT2D eigenvalue weighted by Gasteiger charge is -2.22. The highest BCUT2D eigenvalue weighted by atomic mass is 16.6. The van der Waals surface area contributed by atoms with Crippen LogP contribution in [-0.2, 0) is 14.2 Å². The first kappa shape index (κ1) is 25.0. The highest BCUT2D eigenvalue weighted by molar-refractivity contribution is 5.85. The van der Waals surface area contributed by atoms with Crippen molar-refractivity contribution >= 4 is 23.7 Å². The molecule has 10 heteroatoms. The molecule has 1 amide bonds. The summed E-state index contributed by atoms with van der Waals surface area (Å²) >= 11 is 0. The number of carboxylic acids is 1. The number of carbonyl (C=O) groups is 2. The van der Waals surface area contributed by atoms with Crippen LogP contribution in [-0.4, -0.2) is 72.3 Å². The second-order valence-electron chi connectivity index (χ2n) is 7.69. The smallest absolute Gasteiger partial charge is 0.407 e. The summed E-state index contributed by atoms with van der Waals surface area (Å²) in [5.41, 5.74) is 0.209. The van der Waals surface area contributed by atoms with Gasteiger partial charge in [0.05, 0.1) is 26.4 Å². The Morgan fingerprint density at radius 2 is 1.72 bits per heavy atom. The van der Waals surface area contributed by atoms with E-state index in [0.29, 0.717) is 39.5 Å². The molecule has 10 nitrogen and oxygen atoms in total. The molecule has 0 atom stereocenters. The van der Waals surface area contributed by atoms with Crippen LogP contribution in [0.1, 0.15) is 31.3 Å². The Morgan fingerprint density at radius 3 is 2.38 bits per heavy atom. The third-order valence-electron chi connectivity index (χ3n) is 3.92. The van der Waals surface area contributed by atoms with Gasteiger partial charge in [-0.15, -0.1) is 0 Å². The van der Waals surface area contributed by atoms with Crippen molar-refractivity contribution in [3.8, 4) is 0 Å². The van der Waals surface area contributed by atoms with E-state index in [1.54, 1.807) is 25.7 Å². The summed E-state index contributed by atoms with van der Waals surface area (Å²) in [6.45, 7) is 7.60. The van der Waals surface area contributed by atoms with Crippen LogP contribution in [0.2, 0.25) is 0 Å². The molecule has 1 aromatic heterocycles. The predicted octanol–water partition coefficient (Wildman–Crippen LogP) is 2.87. The maximum Gasteiger partial charge on any atom is 0.407 e. The van der Waals surface area contributed by atoms with E-state index in [9.17, 15) is 14.7 Å². The molecule has 2 N–H and O–H groups in total. The number of nitrogens with zero attached hydrogens (tertiary/aromatic N) is 3. The van der Waals surface area contributed by atoms with Crippen LogP contribution in [0.5, 0.6) is 0 Å². The summed E-state index contributed by atoms with van der Waals surface area (Å²) < 4.78 is 16.2. The minimum Gasteiger partial charge on any atom is -0.477 e. The number of benzene rings is 1. The summed E-state index contributed by atoms with van der Waals surface area (Å²) in [7, 11) is 0. The van der Waals surface area contributed by atoms with Crippen molar-refractivity contribution in [3.63, 3.8) is 0 Å². The molecular weight excluding hydrogens is 416 g/mol. The predicted molar refractivity (Wildman–Crippen MR) is 118 cm³/mol. The van der Waals surface area contributed by atoms with E-state index in [1.165, 1.54) is 12.3 Å². The molecule has 2 aromatic rings. The molecule has 1 heterocycles. The molecule has 0 aliphatic carbocycles. The Hall–Kier alpha value is -3.24. The molecule has 0 bridgehead atoms. The summed E-state index contributed by atoms with van der Waals surface area (Å²) in [5, 5.41) is 11.8. The van der Waals surface area contributed by atoms with Gasteiger partial charge in [-0.05, 0) is 39.0 Å². The average molecular weight is 447 g/mol. The van der Waals surface area contributed by atoms with Crippen molar-refractivity contribution in [3.05, 3.63) is 48.3 Å². The van der Waals surface area contributed by atoms with E-state index in [0.717, 1.165) is 5.69 Å². The monoisotopic (exact) mass is 446 g/mol. The van der Waals surface area contributed by atoms with Crippen LogP contribution in [0.4, 0.5) is 16.4 Å². The average Bonchev–Trinajstić information content (AvgIpc) is 2.74. The third-order valence-corrected chi connectivity index (χ3v) is 3.92. The molecule has 2 rings (SSSR count). The fraction of sp³-hybridized carbons (Fsp3) is 0.455. The van der Waals surface area contributed by atoms with E-state index in [-0.39, 0.29) is 11.6 Å². The zero-order chi connectivity index (χ0) is 23.4. The lowest BCUT2D eigenvalue weighted by Crippen LogP contribution is -2.34. The second kappa shape index (κ2) is 12.6. The number of anilines is 2. The van der Waals surface area contributed by atoms with Crippen molar-refractivity contribution < 1.29 is 28.9 Å². The summed E-state index contributed by atoms with van der Waals surface area (Å²) in [5.74, 6) is -0.833. The molecule has 0 radical (unpaired) electrons. The van der Waals surface area contributed by atoms with Gasteiger partial charge in [0.2, 0.25) is 5.95 Å². The molecule has 0 aliphatic rings. The van der Waals surface area contributed by atoms with E-state index in [4.69, 9.17) is 14.2 Å². The Kier molecular flexibility index (Phi) is 9.83. The van der Waals surface area contributed by atoms with Crippen LogP contribution in [0, 0.1) is 0 Å². The fourth-order valence-corrected chi connectivity index (χ4v) is 2.57. The molecule has 174 valence electrons. The Balaban J connectivity index is 1.73. The van der Waals surface area contributed by atoms with Crippen LogP contribution in [0.3, 0.4) is 0 Å². The van der Waals surface area contributed by atoms with E-state index < -0.39 is 17.7 Å². The van der Waals surface area contributed by atoms with E-state index >= 15 is 0 Å². The Bertz CT molecular complexity index is 857. The highest BCUT2D eigenvalue weighted by Crippen LogP contribution is 2.21. The Labute approximate surface area is 187 Å². The standard InChI is InChI=1S/C22H30N4O6/c1-22(2,3)32-21(29)24-11-13-30-15-16-31-14-12-26(17-7-5-4-6-8-17)20-23-10-9-18(25-20)19(27)28/h4-10H,11-16H2,1-3H3,(H,24,29)(H,27,28). The highest BCUT2D eigenvalue weighted by Gasteiger charge is 2.16. The lowest BCUT2D eigenvalue weighted by atomic mass is 10.2. The van der Waals surface area contributed by atoms with Gasteiger partial charge >= 0.3 is 12.1 Å². The van der Waals surface area contributed by atoms with Crippen molar-refractivity contribution in [1.82, 2.24) is 15.3 Å². The van der Waals surface area contributed by atoms with Crippen LogP contribution in [0.15, 0.2) is 42.6 Å². The van der Waals surface area contributed by atoms with Crippen LogP contribution >= 0.6 is 0 Å². The third kappa shape index (κ3) is 9.27. The summed E-state index contributed by atoms with van der Waals surface area (Å²) in [6.07, 6.45) is 0.939. The van der Waals surface area contributed by atoms with Gasteiger partial charge in [0, 0.05) is 25.0 Å². The van der Waals surface area contributed by atoms with Crippen LogP contribution in [0.25, 0.3) is 0 Å². The topological polar surface area (TPSA) is 123 Å². The van der Waals surface area contributed by atoms with E-state index in [2.05, 4.69) is 15.3 Å². The van der Waals surface area contributed by atoms with Gasteiger partial charge < -0.3 is 29.5 Å². The number of aromatic nitrogens is 2. The van der Waals surface area contributed by atoms with Gasteiger partial charge in [-0.2, -0.15) is 0 Å². The number of aromatic carboxylic acids is 1. The first-order valence-electron chi connectivity index (χ1n) is 10.3. The fourth-order valence-electron chi connectivity index (χ4n) is 2.57. The number of nitrogens with one attached hydrogen (secondary N) is 1. The van der Waals surface area contributed by atoms with Crippen molar-refractivity contribution in [1.29, 1.82) is 0 Å². The molecule has 32 heavy (non-hydrogen) atoms. The van der Waals surface area contributed by atoms with Gasteiger partial charge in [-0.1, -0.05) is 18.2 Å². The first-order chi connectivity index (χ1) is 15.3. The normalized spacial score (nSPS) is 11.1. The lowest BCUT2D eigenvalue weighted by molar-refractivity contribution is 0.0411. The summed E-state index contributed by atoms with van der Waals surface area (Å²) in [4.78, 5) is 32.9. The second-order valence-corrected chi connectivity index (χ2v) is 7.69. The molecule has 0 saturated heterocycles. The maximum atomic E-state index is 11.5. The van der Waals surface area contributed by atoms with Crippen molar-refractivity contribution in [2.24, 2.45) is 0 Å². The van der Waals surface area contributed by atoms with Gasteiger partial charge in [0.25, 0.3) is 0 Å². The maximum absolute atomic E-state index is 11.5. The number of carbonyl (C=O) groups excluding carboxylic acids is 1. The zero-order valence-electron chi connectivity index (χ0n) is 18.6. The number of ether oxygens (including phenoxy) is 3. The van der Waals surface area contributed by atoms with E-state index in [1.807, 2.05) is 30.3 Å². The number of rotatable bonds is 12. The molecule has 0 fully saturated rings. The number of hydrogen-bond acceptors (Lipinski definition) is 8. The first-order valence-corrected chi connectivity index (χ1v) is 10.3. The molecule has 0 unspecified atom stereocenters. The molecule has 0 spiro atoms. The minimum atomic E-state index is -1.11. The Morgan fingerprint density at radius 1 is 1.03 bits per heavy atom. The van der Waals surface area contributed by atoms with Gasteiger partial charge in [0.1, 0.15) is 5.60 Å². The number of amides is 1. The van der Waals surface area contributed by atoms with Gasteiger partial charge in [-0.25, -0.2) is 19.6 Å². The molecule has 0 saturated carbocycles. The SMILES string of the molecule is CC(C)(C)OC(=O)NCCOCCOCCN(c1ccccc1)c1nccc(C(=O)O)n1. The molecular formula is C22H30N4O6. The number of alkyl carbamates (subject to hydrolysis) is 1. The number of para-hydroxylation sites is 1. The molecule has 0 aliphatic heterocycles. The number of hydrogen-bond donors (Lipinski definition) is 2. The van der Waals surface area contributed by atoms with Crippen molar-refractivity contribution in [2.75, 3.05) is 44.4 Å². The van der Waals surface area contributed by atoms with Crippen LogP contribution < -0.4 is 10.2 Å². The van der Waals surface area contributed by atoms with Crippen molar-refractivity contribution in [2.45, 2.75) is 26.4 Å². The number of carboxylic acid groups (broad SMARTS) is 1. The quantitative estimate of drug-likeness (QED) is 0.474. The minimum absolute atomic E-state index is 0.0785. The van der Waals surface area contributed by atoms with Gasteiger partial charge in [0.15, 0.2) is 5.69 Å². The zero-order valence-corrected chi connectivity index (χ0v) is 18.6. The summed E-state index contributed by atoms with van der Waals surface area (Å²) in [6, 6.07) is 10.8.